The summed E-state index contributed by atoms with van der Waals surface area (Å²) < 4.78 is 11.3. The topological polar surface area (TPSA) is 77.5 Å². The van der Waals surface area contributed by atoms with Gasteiger partial charge >= 0.3 is 0 Å². The third-order valence-electron chi connectivity index (χ3n) is 4.25. The van der Waals surface area contributed by atoms with Crippen LogP contribution in [0.25, 0.3) is 0 Å². The van der Waals surface area contributed by atoms with Gasteiger partial charge < -0.3 is 20.2 Å². The van der Waals surface area contributed by atoms with Crippen molar-refractivity contribution in [1.29, 1.82) is 0 Å². The standard InChI is InChI=1S/C16H26N2O3/c1-10-11(2)21-12(3)15(10)16(19)18-8-9-20-14-6-4-13(17)5-7-14/h13-14H,4-9,17H2,1-3H3,(H,18,19). The molecule has 1 aromatic rings. The van der Waals surface area contributed by atoms with Crippen molar-refractivity contribution in [2.75, 3.05) is 13.2 Å². The van der Waals surface area contributed by atoms with Gasteiger partial charge in [0, 0.05) is 18.2 Å². The number of carbonyl (C=O) groups excluding carboxylic acids is 1. The van der Waals surface area contributed by atoms with Crippen LogP contribution in [0, 0.1) is 20.8 Å². The Morgan fingerprint density at radius 2 is 1.90 bits per heavy atom. The number of rotatable bonds is 5. The Balaban J connectivity index is 1.72. The van der Waals surface area contributed by atoms with Crippen LogP contribution in [0.1, 0.15) is 53.1 Å². The van der Waals surface area contributed by atoms with E-state index in [0.717, 1.165) is 37.0 Å². The fourth-order valence-electron chi connectivity index (χ4n) is 2.86. The highest BCUT2D eigenvalue weighted by atomic mass is 16.5. The number of nitrogens with two attached hydrogens (primary N) is 1. The van der Waals surface area contributed by atoms with E-state index in [-0.39, 0.29) is 5.91 Å². The SMILES string of the molecule is Cc1oc(C)c(C(=O)NCCOC2CCC(N)CC2)c1C. The largest absolute Gasteiger partial charge is 0.466 e. The summed E-state index contributed by atoms with van der Waals surface area (Å²) in [6.07, 6.45) is 4.40. The Hall–Kier alpha value is -1.33. The van der Waals surface area contributed by atoms with E-state index < -0.39 is 0 Å². The molecular weight excluding hydrogens is 268 g/mol. The zero-order chi connectivity index (χ0) is 15.4. The first-order valence-corrected chi connectivity index (χ1v) is 7.71. The molecule has 0 atom stereocenters. The summed E-state index contributed by atoms with van der Waals surface area (Å²) in [5, 5.41) is 2.89. The highest BCUT2D eigenvalue weighted by Gasteiger charge is 2.20. The average molecular weight is 294 g/mol. The van der Waals surface area contributed by atoms with Gasteiger partial charge in [-0.1, -0.05) is 0 Å². The molecule has 5 heteroatoms. The van der Waals surface area contributed by atoms with E-state index in [4.69, 9.17) is 14.9 Å². The van der Waals surface area contributed by atoms with Gasteiger partial charge in [0.1, 0.15) is 11.5 Å². The maximum atomic E-state index is 12.2. The van der Waals surface area contributed by atoms with Crippen LogP contribution < -0.4 is 11.1 Å². The van der Waals surface area contributed by atoms with Crippen LogP contribution in [0.2, 0.25) is 0 Å². The van der Waals surface area contributed by atoms with Crippen molar-refractivity contribution < 1.29 is 13.9 Å². The first kappa shape index (κ1) is 16.0. The van der Waals surface area contributed by atoms with Crippen LogP contribution in [0.15, 0.2) is 4.42 Å². The van der Waals surface area contributed by atoms with Crippen LogP contribution in [0.4, 0.5) is 0 Å². The maximum Gasteiger partial charge on any atom is 0.255 e. The lowest BCUT2D eigenvalue weighted by molar-refractivity contribution is 0.0267. The molecule has 1 amide bonds. The van der Waals surface area contributed by atoms with Crippen molar-refractivity contribution in [3.63, 3.8) is 0 Å². The molecule has 1 saturated carbocycles. The first-order chi connectivity index (χ1) is 9.99. The molecule has 2 rings (SSSR count). The number of nitrogens with one attached hydrogen (secondary N) is 1. The van der Waals surface area contributed by atoms with Crippen LogP contribution in [0.3, 0.4) is 0 Å². The van der Waals surface area contributed by atoms with E-state index in [2.05, 4.69) is 5.32 Å². The molecule has 0 aliphatic heterocycles. The molecule has 0 unspecified atom stereocenters. The summed E-state index contributed by atoms with van der Waals surface area (Å²) in [4.78, 5) is 12.2. The molecule has 1 aliphatic rings. The van der Waals surface area contributed by atoms with Gasteiger partial charge in [0.25, 0.3) is 5.91 Å². The van der Waals surface area contributed by atoms with Crippen LogP contribution in [0.5, 0.6) is 0 Å². The first-order valence-electron chi connectivity index (χ1n) is 7.71. The predicted octanol–water partition coefficient (Wildman–Crippen LogP) is 2.22. The molecule has 118 valence electrons. The number of ether oxygens (including phenoxy) is 1. The van der Waals surface area contributed by atoms with Gasteiger partial charge in [-0.25, -0.2) is 0 Å². The summed E-state index contributed by atoms with van der Waals surface area (Å²) in [5.74, 6) is 1.38. The fraction of sp³-hybridized carbons (Fsp3) is 0.688. The molecule has 1 heterocycles. The van der Waals surface area contributed by atoms with Gasteiger partial charge in [0.05, 0.1) is 18.3 Å². The van der Waals surface area contributed by atoms with E-state index in [1.807, 2.05) is 20.8 Å². The van der Waals surface area contributed by atoms with Crippen molar-refractivity contribution in [3.05, 3.63) is 22.6 Å². The van der Waals surface area contributed by atoms with Crippen molar-refractivity contribution in [2.45, 2.75) is 58.6 Å². The van der Waals surface area contributed by atoms with E-state index in [9.17, 15) is 4.79 Å². The number of amides is 1. The van der Waals surface area contributed by atoms with Crippen molar-refractivity contribution >= 4 is 5.91 Å². The lowest BCUT2D eigenvalue weighted by atomic mass is 9.94. The second-order valence-corrected chi connectivity index (χ2v) is 5.88. The smallest absolute Gasteiger partial charge is 0.255 e. The highest BCUT2D eigenvalue weighted by molar-refractivity contribution is 5.96. The third kappa shape index (κ3) is 4.08. The number of carbonyl (C=O) groups is 1. The Kier molecular flexibility index (Phi) is 5.42. The van der Waals surface area contributed by atoms with Crippen LogP contribution in [-0.2, 0) is 4.74 Å². The number of hydrogen-bond donors (Lipinski definition) is 2. The molecule has 1 fully saturated rings. The van der Waals surface area contributed by atoms with Gasteiger partial charge in [0.15, 0.2) is 0 Å². The molecule has 0 aromatic carbocycles. The quantitative estimate of drug-likeness (QED) is 0.816. The molecule has 21 heavy (non-hydrogen) atoms. The monoisotopic (exact) mass is 294 g/mol. The van der Waals surface area contributed by atoms with E-state index in [0.29, 0.717) is 36.6 Å². The molecule has 1 aliphatic carbocycles. The molecule has 0 radical (unpaired) electrons. The molecular formula is C16H26N2O3. The Bertz CT molecular complexity index is 488. The molecule has 0 spiro atoms. The molecule has 5 nitrogen and oxygen atoms in total. The summed E-state index contributed by atoms with van der Waals surface area (Å²) in [6.45, 7) is 6.65. The predicted molar refractivity (Wildman–Crippen MR) is 81.4 cm³/mol. The summed E-state index contributed by atoms with van der Waals surface area (Å²) in [7, 11) is 0. The van der Waals surface area contributed by atoms with E-state index in [1.165, 1.54) is 0 Å². The number of hydrogen-bond acceptors (Lipinski definition) is 4. The van der Waals surface area contributed by atoms with Gasteiger partial charge in [-0.3, -0.25) is 4.79 Å². The summed E-state index contributed by atoms with van der Waals surface area (Å²) >= 11 is 0. The van der Waals surface area contributed by atoms with Gasteiger partial charge in [-0.05, 0) is 46.5 Å². The van der Waals surface area contributed by atoms with Crippen LogP contribution in [-0.4, -0.2) is 31.2 Å². The van der Waals surface area contributed by atoms with Gasteiger partial charge in [-0.15, -0.1) is 0 Å². The second kappa shape index (κ2) is 7.09. The minimum atomic E-state index is -0.0869. The number of aryl methyl sites for hydroxylation is 2. The van der Waals surface area contributed by atoms with Crippen molar-refractivity contribution in [3.8, 4) is 0 Å². The van der Waals surface area contributed by atoms with Crippen LogP contribution >= 0.6 is 0 Å². The summed E-state index contributed by atoms with van der Waals surface area (Å²) in [5.41, 5.74) is 7.42. The molecule has 1 aromatic heterocycles. The zero-order valence-electron chi connectivity index (χ0n) is 13.2. The number of furan rings is 1. The summed E-state index contributed by atoms with van der Waals surface area (Å²) in [6, 6.07) is 0.333. The molecule has 3 N–H and O–H groups in total. The van der Waals surface area contributed by atoms with Gasteiger partial charge in [-0.2, -0.15) is 0 Å². The molecule has 0 bridgehead atoms. The van der Waals surface area contributed by atoms with Crippen molar-refractivity contribution in [1.82, 2.24) is 5.32 Å². The van der Waals surface area contributed by atoms with Gasteiger partial charge in [0.2, 0.25) is 0 Å². The zero-order valence-corrected chi connectivity index (χ0v) is 13.2. The average Bonchev–Trinajstić information content (AvgIpc) is 2.70. The third-order valence-corrected chi connectivity index (χ3v) is 4.25. The minimum Gasteiger partial charge on any atom is -0.466 e. The van der Waals surface area contributed by atoms with E-state index in [1.54, 1.807) is 0 Å². The highest BCUT2D eigenvalue weighted by Crippen LogP contribution is 2.21. The lowest BCUT2D eigenvalue weighted by Crippen LogP contribution is -2.33. The van der Waals surface area contributed by atoms with E-state index >= 15 is 0 Å². The maximum absolute atomic E-state index is 12.2. The Labute approximate surface area is 126 Å². The molecule has 0 saturated heterocycles. The van der Waals surface area contributed by atoms with Crippen molar-refractivity contribution in [2.24, 2.45) is 5.73 Å². The Morgan fingerprint density at radius 3 is 2.48 bits per heavy atom. The fourth-order valence-corrected chi connectivity index (χ4v) is 2.86. The normalized spacial score (nSPS) is 22.3. The minimum absolute atomic E-state index is 0.0869. The lowest BCUT2D eigenvalue weighted by Gasteiger charge is -2.26. The Morgan fingerprint density at radius 1 is 1.24 bits per heavy atom. The second-order valence-electron chi connectivity index (χ2n) is 5.88.